The Balaban J connectivity index is 2.36. The number of rotatable bonds is 0. The summed E-state index contributed by atoms with van der Waals surface area (Å²) in [5, 5.41) is 0. The lowest BCUT2D eigenvalue weighted by molar-refractivity contribution is -0.0634. The minimum atomic E-state index is 0.380. The Morgan fingerprint density at radius 1 is 0.810 bits per heavy atom. The third-order valence-corrected chi connectivity index (χ3v) is 7.73. The molecule has 1 fully saturated rings. The fourth-order valence-corrected chi connectivity index (χ4v) is 4.89. The second-order valence-electron chi connectivity index (χ2n) is 10.6. The fourth-order valence-electron chi connectivity index (χ4n) is 4.89. The standard InChI is InChI=1S/C21H38/c1-18(2)12-9-10-16-11-13-19(3,4)21(7,8)20(5,6)15-17(16)14-18/h9-10,16-17H,11-15H2,1-8H3. The van der Waals surface area contributed by atoms with E-state index in [-0.39, 0.29) is 0 Å². The highest BCUT2D eigenvalue weighted by Gasteiger charge is 2.50. The zero-order chi connectivity index (χ0) is 16.1. The summed E-state index contributed by atoms with van der Waals surface area (Å²) in [6, 6.07) is 0. The van der Waals surface area contributed by atoms with Crippen LogP contribution in [0.25, 0.3) is 0 Å². The largest absolute Gasteiger partial charge is 0.0877 e. The predicted molar refractivity (Wildman–Crippen MR) is 94.3 cm³/mol. The second kappa shape index (κ2) is 5.14. The summed E-state index contributed by atoms with van der Waals surface area (Å²) in [6.07, 6.45) is 11.8. The van der Waals surface area contributed by atoms with Crippen LogP contribution in [0.1, 0.15) is 87.5 Å². The summed E-state index contributed by atoms with van der Waals surface area (Å²) in [5.74, 6) is 1.67. The molecule has 0 radical (unpaired) electrons. The molecule has 2 unspecified atom stereocenters. The van der Waals surface area contributed by atoms with E-state index in [9.17, 15) is 0 Å². The van der Waals surface area contributed by atoms with Gasteiger partial charge in [-0.25, -0.2) is 0 Å². The van der Waals surface area contributed by atoms with Gasteiger partial charge in [0.05, 0.1) is 0 Å². The number of fused-ring (bicyclic) bond motifs is 1. The van der Waals surface area contributed by atoms with Crippen LogP contribution in [0.4, 0.5) is 0 Å². The van der Waals surface area contributed by atoms with Gasteiger partial charge in [0, 0.05) is 0 Å². The highest BCUT2D eigenvalue weighted by molar-refractivity contribution is 5.06. The molecule has 21 heavy (non-hydrogen) atoms. The average Bonchev–Trinajstić information content (AvgIpc) is 2.43. The molecule has 0 aromatic carbocycles. The molecule has 0 aromatic rings. The van der Waals surface area contributed by atoms with Gasteiger partial charge in [0.25, 0.3) is 0 Å². The van der Waals surface area contributed by atoms with Crippen LogP contribution in [0, 0.1) is 33.5 Å². The van der Waals surface area contributed by atoms with Crippen molar-refractivity contribution in [1.82, 2.24) is 0 Å². The summed E-state index contributed by atoms with van der Waals surface area (Å²) >= 11 is 0. The first kappa shape index (κ1) is 17.1. The third-order valence-electron chi connectivity index (χ3n) is 7.73. The van der Waals surface area contributed by atoms with Crippen molar-refractivity contribution >= 4 is 0 Å². The van der Waals surface area contributed by atoms with Crippen molar-refractivity contribution in [3.8, 4) is 0 Å². The maximum absolute atomic E-state index is 2.57. The van der Waals surface area contributed by atoms with E-state index in [0.29, 0.717) is 21.7 Å². The zero-order valence-corrected chi connectivity index (χ0v) is 15.8. The Morgan fingerprint density at radius 2 is 1.43 bits per heavy atom. The molecule has 0 spiro atoms. The van der Waals surface area contributed by atoms with Crippen molar-refractivity contribution in [2.24, 2.45) is 33.5 Å². The van der Waals surface area contributed by atoms with Crippen LogP contribution in [-0.4, -0.2) is 0 Å². The monoisotopic (exact) mass is 290 g/mol. The number of allylic oxidation sites excluding steroid dienone is 2. The molecule has 0 amide bonds. The van der Waals surface area contributed by atoms with E-state index in [1.54, 1.807) is 0 Å². The molecule has 0 nitrogen and oxygen atoms in total. The Kier molecular flexibility index (Phi) is 4.18. The van der Waals surface area contributed by atoms with Crippen LogP contribution in [0.3, 0.4) is 0 Å². The average molecular weight is 291 g/mol. The molecule has 0 heterocycles. The molecule has 1 saturated carbocycles. The van der Waals surface area contributed by atoms with E-state index >= 15 is 0 Å². The van der Waals surface area contributed by atoms with Gasteiger partial charge in [0.1, 0.15) is 0 Å². The van der Waals surface area contributed by atoms with Gasteiger partial charge in [0.15, 0.2) is 0 Å². The minimum Gasteiger partial charge on any atom is -0.0877 e. The van der Waals surface area contributed by atoms with Crippen LogP contribution in [0.15, 0.2) is 12.2 Å². The number of hydrogen-bond acceptors (Lipinski definition) is 0. The van der Waals surface area contributed by atoms with E-state index < -0.39 is 0 Å². The molecule has 0 heteroatoms. The molecule has 0 N–H and O–H groups in total. The lowest BCUT2D eigenvalue weighted by atomic mass is 9.49. The van der Waals surface area contributed by atoms with Crippen molar-refractivity contribution in [2.75, 3.05) is 0 Å². The quantitative estimate of drug-likeness (QED) is 0.428. The fraction of sp³-hybridized carbons (Fsp3) is 0.905. The Hall–Kier alpha value is -0.260. The molecule has 2 atom stereocenters. The lowest BCUT2D eigenvalue weighted by Crippen LogP contribution is -2.48. The van der Waals surface area contributed by atoms with E-state index in [1.165, 1.54) is 32.1 Å². The highest BCUT2D eigenvalue weighted by atomic mass is 14.6. The molecule has 0 aliphatic heterocycles. The summed E-state index contributed by atoms with van der Waals surface area (Å²) in [5.41, 5.74) is 1.67. The molecule has 0 bridgehead atoms. The van der Waals surface area contributed by atoms with Gasteiger partial charge in [-0.2, -0.15) is 0 Å². The first-order chi connectivity index (χ1) is 9.38. The van der Waals surface area contributed by atoms with Gasteiger partial charge in [0.2, 0.25) is 0 Å². The SMILES string of the molecule is CC1(C)CC=CC2CCC(C)(C)C(C)(C)C(C)(C)CC2C1. The lowest BCUT2D eigenvalue weighted by Gasteiger charge is -2.56. The molecule has 0 saturated heterocycles. The summed E-state index contributed by atoms with van der Waals surface area (Å²) in [4.78, 5) is 0. The van der Waals surface area contributed by atoms with E-state index in [2.05, 4.69) is 67.5 Å². The van der Waals surface area contributed by atoms with Gasteiger partial charge < -0.3 is 0 Å². The molecule has 2 aliphatic rings. The van der Waals surface area contributed by atoms with Crippen LogP contribution < -0.4 is 0 Å². The molecule has 122 valence electrons. The zero-order valence-electron chi connectivity index (χ0n) is 15.8. The van der Waals surface area contributed by atoms with Gasteiger partial charge >= 0.3 is 0 Å². The van der Waals surface area contributed by atoms with Crippen LogP contribution in [-0.2, 0) is 0 Å². The predicted octanol–water partition coefficient (Wildman–Crippen LogP) is 6.86. The first-order valence-electron chi connectivity index (χ1n) is 9.05. The van der Waals surface area contributed by atoms with Gasteiger partial charge in [-0.15, -0.1) is 0 Å². The maximum atomic E-state index is 2.57. The Bertz CT molecular complexity index is 406. The van der Waals surface area contributed by atoms with Crippen molar-refractivity contribution in [3.05, 3.63) is 12.2 Å². The summed E-state index contributed by atoms with van der Waals surface area (Å²) in [6.45, 7) is 20.0. The summed E-state index contributed by atoms with van der Waals surface area (Å²) in [7, 11) is 0. The van der Waals surface area contributed by atoms with Crippen LogP contribution in [0.2, 0.25) is 0 Å². The van der Waals surface area contributed by atoms with Crippen molar-refractivity contribution in [3.63, 3.8) is 0 Å². The van der Waals surface area contributed by atoms with Crippen molar-refractivity contribution in [1.29, 1.82) is 0 Å². The Morgan fingerprint density at radius 3 is 2.05 bits per heavy atom. The molecular weight excluding hydrogens is 252 g/mol. The Labute approximate surface area is 133 Å². The van der Waals surface area contributed by atoms with E-state index in [1.807, 2.05) is 0 Å². The van der Waals surface area contributed by atoms with Gasteiger partial charge in [-0.3, -0.25) is 0 Å². The van der Waals surface area contributed by atoms with Gasteiger partial charge in [-0.05, 0) is 65.6 Å². The molecule has 2 aliphatic carbocycles. The molecule has 0 aromatic heterocycles. The second-order valence-corrected chi connectivity index (χ2v) is 10.6. The topological polar surface area (TPSA) is 0 Å². The summed E-state index contributed by atoms with van der Waals surface area (Å²) < 4.78 is 0. The normalized spacial score (nSPS) is 37.0. The van der Waals surface area contributed by atoms with Gasteiger partial charge in [-0.1, -0.05) is 67.5 Å². The molecule has 2 rings (SSSR count). The number of hydrogen-bond donors (Lipinski definition) is 0. The third kappa shape index (κ3) is 3.10. The molecular formula is C21H38. The highest BCUT2D eigenvalue weighted by Crippen LogP contribution is 2.59. The van der Waals surface area contributed by atoms with Crippen molar-refractivity contribution in [2.45, 2.75) is 87.5 Å². The van der Waals surface area contributed by atoms with Crippen molar-refractivity contribution < 1.29 is 0 Å². The van der Waals surface area contributed by atoms with E-state index in [0.717, 1.165) is 11.8 Å². The van der Waals surface area contributed by atoms with Crippen LogP contribution >= 0.6 is 0 Å². The minimum absolute atomic E-state index is 0.380. The van der Waals surface area contributed by atoms with Crippen LogP contribution in [0.5, 0.6) is 0 Å². The first-order valence-corrected chi connectivity index (χ1v) is 9.05. The maximum Gasteiger partial charge on any atom is -0.0205 e. The smallest absolute Gasteiger partial charge is 0.0205 e. The van der Waals surface area contributed by atoms with E-state index in [4.69, 9.17) is 0 Å².